The van der Waals surface area contributed by atoms with Crippen LogP contribution in [0.15, 0.2) is 12.2 Å². The number of nitrogens with zero attached hydrogens (tertiary/aromatic N) is 1. The summed E-state index contributed by atoms with van der Waals surface area (Å²) in [4.78, 5) is 23.4. The third-order valence-electron chi connectivity index (χ3n) is 3.58. The van der Waals surface area contributed by atoms with E-state index in [0.29, 0.717) is 23.1 Å². The average molecular weight is 379 g/mol. The summed E-state index contributed by atoms with van der Waals surface area (Å²) in [5.41, 5.74) is -0.563. The zero-order chi connectivity index (χ0) is 19.9. The van der Waals surface area contributed by atoms with Crippen molar-refractivity contribution in [3.63, 3.8) is 0 Å². The molecule has 0 spiro atoms. The molecule has 0 aliphatic rings. The quantitative estimate of drug-likeness (QED) is 0.207. The Hall–Kier alpha value is -1.45. The van der Waals surface area contributed by atoms with E-state index >= 15 is 0 Å². The number of hydrogen-bond acceptors (Lipinski definition) is 4. The third kappa shape index (κ3) is 12.5. The molecule has 9 heteroatoms. The topological polar surface area (TPSA) is 113 Å². The first kappa shape index (κ1) is 23.5. The van der Waals surface area contributed by atoms with Gasteiger partial charge in [0.05, 0.1) is 44.9 Å². The second-order valence-corrected chi connectivity index (χ2v) is 9.13. The summed E-state index contributed by atoms with van der Waals surface area (Å²) >= 11 is 0. The van der Waals surface area contributed by atoms with Crippen molar-refractivity contribution in [1.82, 2.24) is 10.6 Å². The molecule has 0 radical (unpaired) electrons. The van der Waals surface area contributed by atoms with Crippen LogP contribution >= 0.6 is 0 Å². The second-order valence-electron chi connectivity index (χ2n) is 7.68. The highest BCUT2D eigenvalue weighted by Gasteiger charge is 2.27. The molecule has 146 valence electrons. The Morgan fingerprint density at radius 1 is 1.20 bits per heavy atom. The summed E-state index contributed by atoms with van der Waals surface area (Å²) in [5, 5.41) is 5.39. The third-order valence-corrected chi connectivity index (χ3v) is 4.67. The molecule has 0 rings (SSSR count). The smallest absolute Gasteiger partial charge is 0.267 e. The van der Waals surface area contributed by atoms with Crippen molar-refractivity contribution < 1.29 is 27.0 Å². The van der Waals surface area contributed by atoms with Crippen LogP contribution < -0.4 is 10.6 Å². The van der Waals surface area contributed by atoms with E-state index in [4.69, 9.17) is 4.55 Å². The van der Waals surface area contributed by atoms with Gasteiger partial charge in [-0.05, 0) is 20.8 Å². The van der Waals surface area contributed by atoms with Crippen LogP contribution in [0.1, 0.15) is 33.6 Å². The number of carbonyl (C=O) groups is 2. The van der Waals surface area contributed by atoms with Crippen molar-refractivity contribution in [2.24, 2.45) is 0 Å². The van der Waals surface area contributed by atoms with Gasteiger partial charge >= 0.3 is 0 Å². The van der Waals surface area contributed by atoms with Gasteiger partial charge in [0.25, 0.3) is 10.1 Å². The maximum Gasteiger partial charge on any atom is 0.267 e. The summed E-state index contributed by atoms with van der Waals surface area (Å²) in [5.74, 6) is -0.965. The molecule has 8 nitrogen and oxygen atoms in total. The summed E-state index contributed by atoms with van der Waals surface area (Å²) < 4.78 is 31.4. The first-order valence-corrected chi connectivity index (χ1v) is 9.76. The van der Waals surface area contributed by atoms with E-state index in [2.05, 4.69) is 17.2 Å². The van der Waals surface area contributed by atoms with E-state index in [9.17, 15) is 18.0 Å². The molecule has 0 aromatic carbocycles. The molecule has 0 bridgehead atoms. The molecule has 0 aromatic rings. The van der Waals surface area contributed by atoms with Crippen molar-refractivity contribution in [1.29, 1.82) is 0 Å². The van der Waals surface area contributed by atoms with E-state index in [1.807, 2.05) is 14.1 Å². The van der Waals surface area contributed by atoms with Crippen molar-refractivity contribution in [2.45, 2.75) is 39.2 Å². The Balaban J connectivity index is 4.24. The molecule has 25 heavy (non-hydrogen) atoms. The lowest BCUT2D eigenvalue weighted by Gasteiger charge is -2.31. The van der Waals surface area contributed by atoms with Gasteiger partial charge in [0.15, 0.2) is 0 Å². The number of rotatable bonds is 11. The normalized spacial score (nSPS) is 12.6. The first-order chi connectivity index (χ1) is 11.1. The fraction of sp³-hybridized carbons (Fsp3) is 0.750. The van der Waals surface area contributed by atoms with Crippen LogP contribution in [0.3, 0.4) is 0 Å². The second kappa shape index (κ2) is 9.30. The Morgan fingerprint density at radius 3 is 2.24 bits per heavy atom. The summed E-state index contributed by atoms with van der Waals surface area (Å²) in [6.07, 6.45) is 1.00. The van der Waals surface area contributed by atoms with E-state index in [-0.39, 0.29) is 18.2 Å². The molecule has 0 unspecified atom stereocenters. The molecule has 0 heterocycles. The van der Waals surface area contributed by atoms with Gasteiger partial charge < -0.3 is 15.1 Å². The number of carbonyl (C=O) groups excluding carboxylic acids is 2. The van der Waals surface area contributed by atoms with Gasteiger partial charge in [0.2, 0.25) is 11.8 Å². The highest BCUT2D eigenvalue weighted by atomic mass is 32.2. The summed E-state index contributed by atoms with van der Waals surface area (Å²) in [6.45, 7) is 10.2. The Labute approximate surface area is 151 Å². The lowest BCUT2D eigenvalue weighted by atomic mass is 10.1. The predicted octanol–water partition coefficient (Wildman–Crippen LogP) is 0.318. The molecule has 3 N–H and O–H groups in total. The number of nitrogens with one attached hydrogen (secondary N) is 2. The van der Waals surface area contributed by atoms with Gasteiger partial charge in [-0.1, -0.05) is 6.58 Å². The molecule has 0 atom stereocenters. The molecular formula is C16H32N3O5S+. The summed E-state index contributed by atoms with van der Waals surface area (Å²) in [6, 6.07) is 0. The zero-order valence-corrected chi connectivity index (χ0v) is 16.7. The average Bonchev–Trinajstić information content (AvgIpc) is 2.37. The fourth-order valence-corrected chi connectivity index (χ4v) is 3.29. The number of hydrogen-bond donors (Lipinski definition) is 3. The molecule has 0 aliphatic carbocycles. The van der Waals surface area contributed by atoms with E-state index in [1.54, 1.807) is 20.8 Å². The van der Waals surface area contributed by atoms with Crippen LogP contribution in [0, 0.1) is 0 Å². The fourth-order valence-electron chi connectivity index (χ4n) is 2.31. The molecule has 0 saturated heterocycles. The van der Waals surface area contributed by atoms with Crippen LogP contribution in [0.5, 0.6) is 0 Å². The zero-order valence-electron chi connectivity index (χ0n) is 15.9. The Morgan fingerprint density at radius 2 is 1.76 bits per heavy atom. The predicted molar refractivity (Wildman–Crippen MR) is 97.5 cm³/mol. The highest BCUT2D eigenvalue weighted by Crippen LogP contribution is 2.07. The molecule has 0 fully saturated rings. The van der Waals surface area contributed by atoms with Crippen LogP contribution in [-0.4, -0.2) is 74.3 Å². The number of quaternary nitrogens is 1. The minimum atomic E-state index is -4.16. The molecule has 0 aliphatic heterocycles. The largest absolute Gasteiger partial charge is 0.352 e. The standard InChI is InChI=1S/C16H31N3O5S/c1-13(2)15(21)17-9-7-10-19(5,6)11-8-14(20)18-16(3,4)12-25(22,23)24/h1,7-12H2,2-6H3,(H2-,17,18,20,21,22,23,24)/p+1. The summed E-state index contributed by atoms with van der Waals surface area (Å²) in [7, 11) is -0.192. The van der Waals surface area contributed by atoms with Crippen molar-refractivity contribution in [3.05, 3.63) is 12.2 Å². The Bertz CT molecular complexity index is 597. The van der Waals surface area contributed by atoms with Gasteiger partial charge in [0, 0.05) is 18.5 Å². The van der Waals surface area contributed by atoms with Crippen LogP contribution in [-0.2, 0) is 19.7 Å². The van der Waals surface area contributed by atoms with Crippen molar-refractivity contribution in [3.8, 4) is 0 Å². The monoisotopic (exact) mass is 378 g/mol. The van der Waals surface area contributed by atoms with Gasteiger partial charge in [0.1, 0.15) is 0 Å². The van der Waals surface area contributed by atoms with Gasteiger partial charge in [-0.25, -0.2) is 0 Å². The SMILES string of the molecule is C=C(C)C(=O)NCCC[N+](C)(C)CCC(=O)NC(C)(C)CS(=O)(=O)O. The van der Waals surface area contributed by atoms with Gasteiger partial charge in [-0.2, -0.15) is 8.42 Å². The van der Waals surface area contributed by atoms with Crippen LogP contribution in [0.4, 0.5) is 0 Å². The molecular weight excluding hydrogens is 346 g/mol. The number of amides is 2. The molecule has 2 amide bonds. The Kier molecular flexibility index (Phi) is 8.76. The minimum absolute atomic E-state index is 0.161. The van der Waals surface area contributed by atoms with Crippen LogP contribution in [0.25, 0.3) is 0 Å². The minimum Gasteiger partial charge on any atom is -0.352 e. The maximum atomic E-state index is 12.0. The van der Waals surface area contributed by atoms with E-state index in [1.165, 1.54) is 0 Å². The maximum absolute atomic E-state index is 12.0. The lowest BCUT2D eigenvalue weighted by Crippen LogP contribution is -2.50. The van der Waals surface area contributed by atoms with Crippen molar-refractivity contribution >= 4 is 21.9 Å². The van der Waals surface area contributed by atoms with Crippen LogP contribution in [0.2, 0.25) is 0 Å². The molecule has 0 saturated carbocycles. The highest BCUT2D eigenvalue weighted by molar-refractivity contribution is 7.85. The first-order valence-electron chi connectivity index (χ1n) is 8.15. The van der Waals surface area contributed by atoms with Gasteiger partial charge in [-0.15, -0.1) is 0 Å². The van der Waals surface area contributed by atoms with E-state index in [0.717, 1.165) is 13.0 Å². The van der Waals surface area contributed by atoms with Gasteiger partial charge in [-0.3, -0.25) is 14.1 Å². The van der Waals surface area contributed by atoms with Crippen molar-refractivity contribution in [2.75, 3.05) is 39.5 Å². The molecule has 0 aromatic heterocycles. The van der Waals surface area contributed by atoms with E-state index < -0.39 is 21.4 Å². The lowest BCUT2D eigenvalue weighted by molar-refractivity contribution is -0.889.